The quantitative estimate of drug-likeness (QED) is 0.236. The normalized spacial score (nSPS) is 24.1. The first-order valence-electron chi connectivity index (χ1n) is 11.7. The SMILES string of the molecule is O=C(OC(c1ccc(F)cc1)c1cccc(F)c1)OC1C[N+]2(CC(=O)c3cccs3)CCC1CC2. The Kier molecular flexibility index (Phi) is 6.67. The molecule has 3 aliphatic rings. The number of hydrogen-bond donors (Lipinski definition) is 0. The summed E-state index contributed by atoms with van der Waals surface area (Å²) in [5, 5.41) is 1.90. The van der Waals surface area contributed by atoms with Gasteiger partial charge in [-0.1, -0.05) is 30.3 Å². The second-order valence-corrected chi connectivity index (χ2v) is 10.3. The fourth-order valence-electron chi connectivity index (χ4n) is 5.28. The number of carbonyl (C=O) groups is 2. The van der Waals surface area contributed by atoms with E-state index in [1.54, 1.807) is 6.07 Å². The van der Waals surface area contributed by atoms with Crippen molar-refractivity contribution < 1.29 is 32.3 Å². The van der Waals surface area contributed by atoms with E-state index in [1.807, 2.05) is 17.5 Å². The van der Waals surface area contributed by atoms with Crippen LogP contribution in [0.15, 0.2) is 66.0 Å². The number of ketones is 1. The lowest BCUT2D eigenvalue weighted by Crippen LogP contribution is -2.65. The van der Waals surface area contributed by atoms with E-state index in [0.29, 0.717) is 28.7 Å². The van der Waals surface area contributed by atoms with Crippen LogP contribution in [0.25, 0.3) is 0 Å². The van der Waals surface area contributed by atoms with E-state index >= 15 is 0 Å². The molecule has 1 aromatic heterocycles. The van der Waals surface area contributed by atoms with E-state index in [-0.39, 0.29) is 17.8 Å². The molecule has 182 valence electrons. The molecule has 0 aliphatic carbocycles. The van der Waals surface area contributed by atoms with Gasteiger partial charge in [-0.2, -0.15) is 0 Å². The van der Waals surface area contributed by atoms with E-state index in [2.05, 4.69) is 0 Å². The minimum atomic E-state index is -0.941. The molecule has 0 radical (unpaired) electrons. The topological polar surface area (TPSA) is 52.6 Å². The van der Waals surface area contributed by atoms with Crippen LogP contribution in [0.3, 0.4) is 0 Å². The molecule has 2 aromatic carbocycles. The van der Waals surface area contributed by atoms with Gasteiger partial charge in [0.1, 0.15) is 24.7 Å². The average molecular weight is 499 g/mol. The number of hydrogen-bond acceptors (Lipinski definition) is 5. The second kappa shape index (κ2) is 9.87. The third-order valence-corrected chi connectivity index (χ3v) is 8.01. The number of benzene rings is 2. The summed E-state index contributed by atoms with van der Waals surface area (Å²) in [5.74, 6) is -0.555. The summed E-state index contributed by atoms with van der Waals surface area (Å²) < 4.78 is 39.5. The molecule has 0 saturated carbocycles. The summed E-state index contributed by atoms with van der Waals surface area (Å²) in [6, 6.07) is 15.0. The van der Waals surface area contributed by atoms with Crippen LogP contribution in [-0.4, -0.2) is 48.7 Å². The van der Waals surface area contributed by atoms with Crippen LogP contribution in [0.4, 0.5) is 13.6 Å². The molecule has 35 heavy (non-hydrogen) atoms. The van der Waals surface area contributed by atoms with Gasteiger partial charge < -0.3 is 14.0 Å². The summed E-state index contributed by atoms with van der Waals surface area (Å²) in [6.07, 6.45) is -0.405. The van der Waals surface area contributed by atoms with Crippen molar-refractivity contribution in [1.29, 1.82) is 0 Å². The number of nitrogens with zero attached hydrogens (tertiary/aromatic N) is 1. The molecule has 5 nitrogen and oxygen atoms in total. The number of ether oxygens (including phenoxy) is 2. The summed E-state index contributed by atoms with van der Waals surface area (Å²) in [7, 11) is 0. The van der Waals surface area contributed by atoms with Crippen LogP contribution in [-0.2, 0) is 9.47 Å². The zero-order chi connectivity index (χ0) is 24.4. The highest BCUT2D eigenvalue weighted by Gasteiger charge is 2.49. The Morgan fingerprint density at radius 3 is 2.43 bits per heavy atom. The van der Waals surface area contributed by atoms with Crippen molar-refractivity contribution in [2.45, 2.75) is 25.0 Å². The average Bonchev–Trinajstić information content (AvgIpc) is 3.39. The number of carbonyl (C=O) groups excluding carboxylic acids is 2. The zero-order valence-electron chi connectivity index (χ0n) is 19.1. The van der Waals surface area contributed by atoms with Crippen LogP contribution in [0.2, 0.25) is 0 Å². The summed E-state index contributed by atoms with van der Waals surface area (Å²) in [4.78, 5) is 26.5. The minimum Gasteiger partial charge on any atom is -0.425 e. The van der Waals surface area contributed by atoms with Crippen molar-refractivity contribution in [2.75, 3.05) is 26.2 Å². The molecule has 4 heterocycles. The number of fused-ring (bicyclic) bond motifs is 3. The molecule has 0 N–H and O–H groups in total. The van der Waals surface area contributed by atoms with Crippen molar-refractivity contribution in [2.24, 2.45) is 5.92 Å². The summed E-state index contributed by atoms with van der Waals surface area (Å²) in [6.45, 7) is 2.73. The Morgan fingerprint density at radius 1 is 0.971 bits per heavy atom. The first-order chi connectivity index (χ1) is 16.9. The first-order valence-corrected chi connectivity index (χ1v) is 12.6. The Morgan fingerprint density at radius 2 is 1.74 bits per heavy atom. The maximum Gasteiger partial charge on any atom is 0.509 e. The molecule has 0 spiro atoms. The maximum atomic E-state index is 13.9. The summed E-state index contributed by atoms with van der Waals surface area (Å²) >= 11 is 1.44. The van der Waals surface area contributed by atoms with Gasteiger partial charge in [-0.05, 0) is 41.3 Å². The van der Waals surface area contributed by atoms with Gasteiger partial charge in [-0.15, -0.1) is 11.3 Å². The van der Waals surface area contributed by atoms with Crippen molar-refractivity contribution in [3.63, 3.8) is 0 Å². The van der Waals surface area contributed by atoms with Crippen LogP contribution in [0.1, 0.15) is 39.7 Å². The Hall–Kier alpha value is -3.10. The first kappa shape index (κ1) is 23.6. The van der Waals surface area contributed by atoms with Crippen molar-refractivity contribution in [3.05, 3.63) is 93.7 Å². The van der Waals surface area contributed by atoms with E-state index < -0.39 is 23.9 Å². The molecule has 3 aromatic rings. The Bertz CT molecular complexity index is 1190. The highest BCUT2D eigenvalue weighted by molar-refractivity contribution is 7.12. The number of thiophene rings is 1. The predicted octanol–water partition coefficient (Wildman–Crippen LogP) is 5.76. The lowest BCUT2D eigenvalue weighted by molar-refractivity contribution is -0.938. The van der Waals surface area contributed by atoms with Gasteiger partial charge in [-0.3, -0.25) is 4.79 Å². The van der Waals surface area contributed by atoms with Crippen LogP contribution >= 0.6 is 11.3 Å². The largest absolute Gasteiger partial charge is 0.509 e. The Balaban J connectivity index is 1.29. The van der Waals surface area contributed by atoms with Gasteiger partial charge in [0.15, 0.2) is 12.2 Å². The Labute approximate surface area is 206 Å². The molecule has 0 amide bonds. The highest BCUT2D eigenvalue weighted by Crippen LogP contribution is 2.37. The molecule has 2 atom stereocenters. The van der Waals surface area contributed by atoms with Gasteiger partial charge in [0.2, 0.25) is 5.78 Å². The van der Waals surface area contributed by atoms with Crippen LogP contribution in [0.5, 0.6) is 0 Å². The molecule has 3 fully saturated rings. The zero-order valence-corrected chi connectivity index (χ0v) is 19.9. The third-order valence-electron chi connectivity index (χ3n) is 7.10. The van der Waals surface area contributed by atoms with Crippen molar-refractivity contribution >= 4 is 23.3 Å². The van der Waals surface area contributed by atoms with E-state index in [9.17, 15) is 18.4 Å². The second-order valence-electron chi connectivity index (χ2n) is 9.38. The lowest BCUT2D eigenvalue weighted by Gasteiger charge is -2.51. The fraction of sp³-hybridized carbons (Fsp3) is 0.333. The number of Topliss-reactive ketones (excluding diaryl/α,β-unsaturated/α-hetero) is 1. The van der Waals surface area contributed by atoms with E-state index in [4.69, 9.17) is 9.47 Å². The summed E-state index contributed by atoms with van der Waals surface area (Å²) in [5.41, 5.74) is 0.931. The molecule has 6 rings (SSSR count). The number of piperidine rings is 3. The minimum absolute atomic E-state index is 0.115. The van der Waals surface area contributed by atoms with E-state index in [1.165, 1.54) is 53.8 Å². The van der Waals surface area contributed by atoms with Gasteiger partial charge >= 0.3 is 6.16 Å². The fourth-order valence-corrected chi connectivity index (χ4v) is 5.94. The van der Waals surface area contributed by atoms with Gasteiger partial charge in [-0.25, -0.2) is 13.6 Å². The maximum absolute atomic E-state index is 13.9. The predicted molar refractivity (Wildman–Crippen MR) is 127 cm³/mol. The number of rotatable bonds is 7. The third kappa shape index (κ3) is 5.28. The van der Waals surface area contributed by atoms with Crippen molar-refractivity contribution in [1.82, 2.24) is 0 Å². The van der Waals surface area contributed by atoms with E-state index in [0.717, 1.165) is 30.8 Å². The van der Waals surface area contributed by atoms with Gasteiger partial charge in [0.05, 0.1) is 18.0 Å². The lowest BCUT2D eigenvalue weighted by atomic mass is 9.83. The van der Waals surface area contributed by atoms with Crippen LogP contribution < -0.4 is 0 Å². The van der Waals surface area contributed by atoms with Crippen LogP contribution in [0, 0.1) is 17.6 Å². The molecule has 3 aliphatic heterocycles. The molecule has 3 saturated heterocycles. The molecule has 2 unspecified atom stereocenters. The number of quaternary nitrogens is 1. The van der Waals surface area contributed by atoms with Crippen molar-refractivity contribution in [3.8, 4) is 0 Å². The standard InChI is InChI=1S/C27H26F2NO4S/c28-21-8-6-19(7-9-21)26(20-3-1-4-22(29)15-20)34-27(32)33-24-17-30(12-10-18(24)11-13-30)16-23(31)25-5-2-14-35-25/h1-9,14-15,18,24,26H,10-13,16-17H2/q+1. The number of halogens is 2. The molecule has 8 heteroatoms. The van der Waals surface area contributed by atoms with Gasteiger partial charge in [0, 0.05) is 24.3 Å². The molecular formula is C27H26F2NO4S+. The molecular weight excluding hydrogens is 472 g/mol. The van der Waals surface area contributed by atoms with Gasteiger partial charge in [0.25, 0.3) is 0 Å². The highest BCUT2D eigenvalue weighted by atomic mass is 32.1. The molecule has 2 bridgehead atoms. The monoisotopic (exact) mass is 498 g/mol. The smallest absolute Gasteiger partial charge is 0.425 e.